The van der Waals surface area contributed by atoms with E-state index in [1.54, 1.807) is 0 Å². The van der Waals surface area contributed by atoms with Crippen molar-refractivity contribution in [1.29, 1.82) is 0 Å². The average molecular weight is 177 g/mol. The van der Waals surface area contributed by atoms with Crippen LogP contribution in [0.1, 0.15) is 18.1 Å². The van der Waals surface area contributed by atoms with Crippen LogP contribution in [0.25, 0.3) is 6.08 Å². The van der Waals surface area contributed by atoms with Gasteiger partial charge in [-0.1, -0.05) is 31.2 Å². The van der Waals surface area contributed by atoms with Crippen molar-refractivity contribution in [3.8, 4) is 0 Å². The van der Waals surface area contributed by atoms with Crippen molar-refractivity contribution >= 4 is 6.08 Å². The standard InChI is InChI=1S/C10H11NO2/c1-2-9-5-3-4-6-10(9)7-8-11(12)13/h3-8H,2H2,1H3. The molecule has 1 rings (SSSR count). The highest BCUT2D eigenvalue weighted by Gasteiger charge is 1.96. The third kappa shape index (κ3) is 2.71. The molecule has 1 aromatic carbocycles. The quantitative estimate of drug-likeness (QED) is 0.525. The summed E-state index contributed by atoms with van der Waals surface area (Å²) >= 11 is 0. The molecule has 0 aliphatic heterocycles. The molecule has 68 valence electrons. The Morgan fingerprint density at radius 1 is 1.46 bits per heavy atom. The summed E-state index contributed by atoms with van der Waals surface area (Å²) in [4.78, 5) is 9.64. The number of rotatable bonds is 3. The third-order valence-corrected chi connectivity index (χ3v) is 1.81. The van der Waals surface area contributed by atoms with E-state index in [0.29, 0.717) is 0 Å². The predicted octanol–water partition coefficient (Wildman–Crippen LogP) is 2.50. The van der Waals surface area contributed by atoms with E-state index in [4.69, 9.17) is 0 Å². The van der Waals surface area contributed by atoms with Gasteiger partial charge in [0.2, 0.25) is 6.20 Å². The Morgan fingerprint density at radius 2 is 2.15 bits per heavy atom. The molecule has 0 aliphatic carbocycles. The zero-order chi connectivity index (χ0) is 9.68. The van der Waals surface area contributed by atoms with Crippen LogP contribution in [-0.4, -0.2) is 4.92 Å². The molecule has 0 spiro atoms. The smallest absolute Gasteiger partial charge is 0.235 e. The second-order valence-electron chi connectivity index (χ2n) is 2.65. The monoisotopic (exact) mass is 177 g/mol. The van der Waals surface area contributed by atoms with Gasteiger partial charge in [-0.15, -0.1) is 0 Å². The normalized spacial score (nSPS) is 10.5. The molecule has 0 aromatic heterocycles. The first-order valence-corrected chi connectivity index (χ1v) is 4.13. The highest BCUT2D eigenvalue weighted by atomic mass is 16.6. The first kappa shape index (κ1) is 9.45. The summed E-state index contributed by atoms with van der Waals surface area (Å²) in [5.74, 6) is 0. The van der Waals surface area contributed by atoms with Gasteiger partial charge >= 0.3 is 0 Å². The fraction of sp³-hybridized carbons (Fsp3) is 0.200. The summed E-state index contributed by atoms with van der Waals surface area (Å²) in [5, 5.41) is 10.1. The van der Waals surface area contributed by atoms with Crippen molar-refractivity contribution in [3.05, 3.63) is 51.7 Å². The van der Waals surface area contributed by atoms with Gasteiger partial charge in [0.15, 0.2) is 0 Å². The highest BCUT2D eigenvalue weighted by Crippen LogP contribution is 2.10. The largest absolute Gasteiger partial charge is 0.259 e. The number of benzene rings is 1. The van der Waals surface area contributed by atoms with Gasteiger partial charge in [0, 0.05) is 6.08 Å². The van der Waals surface area contributed by atoms with Gasteiger partial charge < -0.3 is 0 Å². The molecule has 0 saturated carbocycles. The van der Waals surface area contributed by atoms with E-state index in [-0.39, 0.29) is 0 Å². The fourth-order valence-electron chi connectivity index (χ4n) is 1.16. The summed E-state index contributed by atoms with van der Waals surface area (Å²) in [6.45, 7) is 2.03. The van der Waals surface area contributed by atoms with Crippen LogP contribution in [0.4, 0.5) is 0 Å². The third-order valence-electron chi connectivity index (χ3n) is 1.81. The molecule has 0 amide bonds. The van der Waals surface area contributed by atoms with E-state index in [2.05, 4.69) is 0 Å². The molecule has 1 aromatic rings. The number of aryl methyl sites for hydroxylation is 1. The van der Waals surface area contributed by atoms with E-state index in [9.17, 15) is 10.1 Å². The van der Waals surface area contributed by atoms with Crippen molar-refractivity contribution in [3.63, 3.8) is 0 Å². The summed E-state index contributed by atoms with van der Waals surface area (Å²) in [5.41, 5.74) is 2.04. The van der Waals surface area contributed by atoms with Crippen LogP contribution in [0.2, 0.25) is 0 Å². The maximum atomic E-state index is 10.1. The van der Waals surface area contributed by atoms with E-state index in [0.717, 1.165) is 23.7 Å². The molecule has 3 nitrogen and oxygen atoms in total. The van der Waals surface area contributed by atoms with E-state index >= 15 is 0 Å². The Labute approximate surface area is 76.9 Å². The van der Waals surface area contributed by atoms with Crippen LogP contribution < -0.4 is 0 Å². The Kier molecular flexibility index (Phi) is 3.20. The molecule has 0 atom stereocenters. The van der Waals surface area contributed by atoms with Crippen molar-refractivity contribution in [1.82, 2.24) is 0 Å². The van der Waals surface area contributed by atoms with Crippen LogP contribution in [0, 0.1) is 10.1 Å². The molecular weight excluding hydrogens is 166 g/mol. The minimum atomic E-state index is -0.452. The Bertz CT molecular complexity index is 331. The zero-order valence-electron chi connectivity index (χ0n) is 7.43. The Hall–Kier alpha value is -1.64. The Morgan fingerprint density at radius 3 is 2.77 bits per heavy atom. The zero-order valence-corrected chi connectivity index (χ0v) is 7.43. The van der Waals surface area contributed by atoms with Crippen molar-refractivity contribution in [2.24, 2.45) is 0 Å². The lowest BCUT2D eigenvalue weighted by Gasteiger charge is -1.99. The molecule has 0 heterocycles. The summed E-state index contributed by atoms with van der Waals surface area (Å²) < 4.78 is 0. The van der Waals surface area contributed by atoms with Crippen molar-refractivity contribution in [2.75, 3.05) is 0 Å². The molecule has 0 unspecified atom stereocenters. The maximum absolute atomic E-state index is 10.1. The molecule has 0 bridgehead atoms. The Balaban J connectivity index is 2.93. The van der Waals surface area contributed by atoms with Gasteiger partial charge in [0.05, 0.1) is 4.92 Å². The lowest BCUT2D eigenvalue weighted by Crippen LogP contribution is -1.87. The summed E-state index contributed by atoms with van der Waals surface area (Å²) in [6, 6.07) is 7.65. The van der Waals surface area contributed by atoms with E-state index < -0.39 is 4.92 Å². The SMILES string of the molecule is CCc1ccccc1C=C[N+](=O)[O-]. The van der Waals surface area contributed by atoms with Gasteiger partial charge in [-0.2, -0.15) is 0 Å². The van der Waals surface area contributed by atoms with Crippen LogP contribution >= 0.6 is 0 Å². The van der Waals surface area contributed by atoms with Gasteiger partial charge in [-0.3, -0.25) is 10.1 Å². The lowest BCUT2D eigenvalue weighted by atomic mass is 10.1. The minimum Gasteiger partial charge on any atom is -0.259 e. The molecule has 0 aliphatic rings. The first-order valence-electron chi connectivity index (χ1n) is 4.13. The number of nitro groups is 1. The van der Waals surface area contributed by atoms with E-state index in [1.807, 2.05) is 31.2 Å². The molecule has 3 heteroatoms. The van der Waals surface area contributed by atoms with Gasteiger partial charge in [-0.25, -0.2) is 0 Å². The molecule has 0 saturated heterocycles. The molecular formula is C10H11NO2. The molecule has 0 radical (unpaired) electrons. The van der Waals surface area contributed by atoms with Gasteiger partial charge in [-0.05, 0) is 17.5 Å². The van der Waals surface area contributed by atoms with Crippen LogP contribution in [0.3, 0.4) is 0 Å². The lowest BCUT2D eigenvalue weighted by molar-refractivity contribution is -0.400. The second-order valence-corrected chi connectivity index (χ2v) is 2.65. The number of nitrogens with zero attached hydrogens (tertiary/aromatic N) is 1. The topological polar surface area (TPSA) is 43.1 Å². The van der Waals surface area contributed by atoms with Gasteiger partial charge in [0.1, 0.15) is 0 Å². The average Bonchev–Trinajstić information content (AvgIpc) is 2.15. The molecule has 0 fully saturated rings. The summed E-state index contributed by atoms with van der Waals surface area (Å²) in [6.07, 6.45) is 3.38. The van der Waals surface area contributed by atoms with Crippen molar-refractivity contribution < 1.29 is 4.92 Å². The predicted molar refractivity (Wildman–Crippen MR) is 51.8 cm³/mol. The second kappa shape index (κ2) is 4.40. The fourth-order valence-corrected chi connectivity index (χ4v) is 1.16. The van der Waals surface area contributed by atoms with Crippen LogP contribution in [-0.2, 0) is 6.42 Å². The minimum absolute atomic E-state index is 0.452. The van der Waals surface area contributed by atoms with Crippen molar-refractivity contribution in [2.45, 2.75) is 13.3 Å². The number of hydrogen-bond acceptors (Lipinski definition) is 2. The van der Waals surface area contributed by atoms with E-state index in [1.165, 1.54) is 6.08 Å². The van der Waals surface area contributed by atoms with Crippen LogP contribution in [0.15, 0.2) is 30.5 Å². The molecule has 13 heavy (non-hydrogen) atoms. The summed E-state index contributed by atoms with van der Waals surface area (Å²) in [7, 11) is 0. The first-order chi connectivity index (χ1) is 6.24. The highest BCUT2D eigenvalue weighted by molar-refractivity contribution is 5.52. The molecule has 0 N–H and O–H groups in total. The van der Waals surface area contributed by atoms with Gasteiger partial charge in [0.25, 0.3) is 0 Å². The maximum Gasteiger partial charge on any atom is 0.235 e. The number of hydrogen-bond donors (Lipinski definition) is 0. The van der Waals surface area contributed by atoms with Crippen LogP contribution in [0.5, 0.6) is 0 Å².